The van der Waals surface area contributed by atoms with E-state index in [1.807, 2.05) is 13.0 Å². The van der Waals surface area contributed by atoms with E-state index in [2.05, 4.69) is 10.3 Å². The molecule has 66 valence electrons. The van der Waals surface area contributed by atoms with Gasteiger partial charge in [0.15, 0.2) is 0 Å². The van der Waals surface area contributed by atoms with Crippen LogP contribution >= 0.6 is 0 Å². The molecule has 1 aromatic rings. The summed E-state index contributed by atoms with van der Waals surface area (Å²) in [7, 11) is 1.75. The number of nitriles is 1. The Kier molecular flexibility index (Phi) is 2.60. The van der Waals surface area contributed by atoms with Gasteiger partial charge in [-0.1, -0.05) is 0 Å². The van der Waals surface area contributed by atoms with E-state index in [0.717, 1.165) is 11.3 Å². The molecule has 0 atom stereocenters. The van der Waals surface area contributed by atoms with E-state index >= 15 is 0 Å². The Morgan fingerprint density at radius 1 is 1.69 bits per heavy atom. The Morgan fingerprint density at radius 2 is 2.38 bits per heavy atom. The van der Waals surface area contributed by atoms with Crippen molar-refractivity contribution in [3.8, 4) is 6.07 Å². The number of nitrogens with one attached hydrogen (secondary N) is 2. The summed E-state index contributed by atoms with van der Waals surface area (Å²) in [6.45, 7) is 1.83. The van der Waals surface area contributed by atoms with E-state index in [0.29, 0.717) is 11.3 Å². The van der Waals surface area contributed by atoms with Crippen LogP contribution in [-0.2, 0) is 0 Å². The first kappa shape index (κ1) is 9.20. The molecule has 1 rings (SSSR count). The van der Waals surface area contributed by atoms with Crippen molar-refractivity contribution in [2.45, 2.75) is 6.92 Å². The molecule has 4 nitrogen and oxygen atoms in total. The third kappa shape index (κ3) is 1.49. The number of hydrogen-bond acceptors (Lipinski definition) is 4. The summed E-state index contributed by atoms with van der Waals surface area (Å²) in [6.07, 6.45) is 2.65. The minimum atomic E-state index is 0.537. The maximum atomic E-state index is 8.73. The second-order valence-corrected chi connectivity index (χ2v) is 2.56. The molecule has 0 saturated carbocycles. The van der Waals surface area contributed by atoms with E-state index in [1.54, 1.807) is 7.05 Å². The molecule has 1 aromatic heterocycles. The van der Waals surface area contributed by atoms with Gasteiger partial charge in [-0.3, -0.25) is 4.98 Å². The number of hydrogen-bond donors (Lipinski definition) is 2. The maximum absolute atomic E-state index is 8.73. The summed E-state index contributed by atoms with van der Waals surface area (Å²) in [5, 5.41) is 18.8. The molecule has 0 unspecified atom stereocenters. The Morgan fingerprint density at radius 3 is 2.85 bits per heavy atom. The van der Waals surface area contributed by atoms with Crippen LogP contribution in [0.1, 0.15) is 16.8 Å². The first-order valence-electron chi connectivity index (χ1n) is 3.82. The lowest BCUT2D eigenvalue weighted by Gasteiger charge is -2.08. The summed E-state index contributed by atoms with van der Waals surface area (Å²) < 4.78 is 0. The first-order chi connectivity index (χ1) is 6.24. The van der Waals surface area contributed by atoms with Crippen LogP contribution in [0.5, 0.6) is 0 Å². The van der Waals surface area contributed by atoms with Crippen molar-refractivity contribution in [3.05, 3.63) is 23.0 Å². The van der Waals surface area contributed by atoms with Gasteiger partial charge in [-0.15, -0.1) is 0 Å². The van der Waals surface area contributed by atoms with Crippen LogP contribution in [0.3, 0.4) is 0 Å². The second kappa shape index (κ2) is 3.68. The summed E-state index contributed by atoms with van der Waals surface area (Å²) in [4.78, 5) is 3.97. The zero-order valence-electron chi connectivity index (χ0n) is 7.55. The van der Waals surface area contributed by atoms with Crippen molar-refractivity contribution in [2.75, 3.05) is 12.4 Å². The van der Waals surface area contributed by atoms with Crippen molar-refractivity contribution in [1.29, 1.82) is 10.7 Å². The van der Waals surface area contributed by atoms with E-state index in [-0.39, 0.29) is 0 Å². The molecule has 0 bridgehead atoms. The zero-order valence-corrected chi connectivity index (χ0v) is 7.55. The first-order valence-corrected chi connectivity index (χ1v) is 3.82. The standard InChI is InChI=1S/C9H10N4/c1-6-7(3-10)5-13-8(4-11)9(6)12-2/h4-5,11-12H,1-2H3. The highest BCUT2D eigenvalue weighted by molar-refractivity contribution is 5.85. The monoisotopic (exact) mass is 174 g/mol. The highest BCUT2D eigenvalue weighted by Crippen LogP contribution is 2.19. The van der Waals surface area contributed by atoms with Crippen LogP contribution in [0.15, 0.2) is 6.20 Å². The van der Waals surface area contributed by atoms with E-state index in [9.17, 15) is 0 Å². The number of aromatic nitrogens is 1. The van der Waals surface area contributed by atoms with E-state index in [4.69, 9.17) is 10.7 Å². The molecule has 1 heterocycles. The van der Waals surface area contributed by atoms with Gasteiger partial charge in [-0.25, -0.2) is 0 Å². The molecule has 0 spiro atoms. The topological polar surface area (TPSA) is 72.6 Å². The van der Waals surface area contributed by atoms with Crippen molar-refractivity contribution in [2.24, 2.45) is 0 Å². The molecule has 0 aliphatic heterocycles. The minimum absolute atomic E-state index is 0.537. The predicted octanol–water partition coefficient (Wildman–Crippen LogP) is 1.30. The number of pyridine rings is 1. The zero-order chi connectivity index (χ0) is 9.84. The van der Waals surface area contributed by atoms with Crippen molar-refractivity contribution >= 4 is 11.9 Å². The Hall–Kier alpha value is -1.89. The Balaban J connectivity index is 3.42. The van der Waals surface area contributed by atoms with Crippen LogP contribution in [0.4, 0.5) is 5.69 Å². The molecule has 0 saturated heterocycles. The second-order valence-electron chi connectivity index (χ2n) is 2.56. The fourth-order valence-corrected chi connectivity index (χ4v) is 1.16. The molecule has 2 N–H and O–H groups in total. The maximum Gasteiger partial charge on any atom is 0.104 e. The molecule has 0 aromatic carbocycles. The molecular formula is C9H10N4. The van der Waals surface area contributed by atoms with Crippen molar-refractivity contribution < 1.29 is 0 Å². The fourth-order valence-electron chi connectivity index (χ4n) is 1.16. The van der Waals surface area contributed by atoms with Crippen LogP contribution < -0.4 is 5.32 Å². The van der Waals surface area contributed by atoms with Crippen molar-refractivity contribution in [3.63, 3.8) is 0 Å². The minimum Gasteiger partial charge on any atom is -0.386 e. The predicted molar refractivity (Wildman–Crippen MR) is 51.1 cm³/mol. The lowest BCUT2D eigenvalue weighted by atomic mass is 10.1. The number of anilines is 1. The van der Waals surface area contributed by atoms with Crippen LogP contribution in [-0.4, -0.2) is 18.2 Å². The lowest BCUT2D eigenvalue weighted by molar-refractivity contribution is 1.22. The summed E-state index contributed by atoms with van der Waals surface area (Å²) in [5.74, 6) is 0. The van der Waals surface area contributed by atoms with Gasteiger partial charge >= 0.3 is 0 Å². The molecule has 4 heteroatoms. The smallest absolute Gasteiger partial charge is 0.104 e. The van der Waals surface area contributed by atoms with Gasteiger partial charge in [0.2, 0.25) is 0 Å². The molecule has 0 fully saturated rings. The molecule has 0 aliphatic carbocycles. The Bertz CT molecular complexity index is 376. The van der Waals surface area contributed by atoms with Gasteiger partial charge in [0, 0.05) is 19.5 Å². The summed E-state index contributed by atoms with van der Waals surface area (Å²) in [5.41, 5.74) is 2.67. The Labute approximate surface area is 76.7 Å². The third-order valence-electron chi connectivity index (χ3n) is 1.88. The van der Waals surface area contributed by atoms with Crippen LogP contribution in [0.2, 0.25) is 0 Å². The summed E-state index contributed by atoms with van der Waals surface area (Å²) in [6, 6.07) is 2.04. The number of rotatable bonds is 2. The SMILES string of the molecule is CNc1c(C=N)ncc(C#N)c1C. The van der Waals surface area contributed by atoms with Gasteiger partial charge in [0.05, 0.1) is 11.3 Å². The van der Waals surface area contributed by atoms with E-state index in [1.165, 1.54) is 12.4 Å². The van der Waals surface area contributed by atoms with Gasteiger partial charge in [-0.05, 0) is 12.5 Å². The lowest BCUT2D eigenvalue weighted by Crippen LogP contribution is -2.02. The van der Waals surface area contributed by atoms with Gasteiger partial charge < -0.3 is 10.7 Å². The molecule has 0 amide bonds. The van der Waals surface area contributed by atoms with Crippen molar-refractivity contribution in [1.82, 2.24) is 4.98 Å². The average Bonchev–Trinajstić information content (AvgIpc) is 2.17. The molecule has 0 aliphatic rings. The van der Waals surface area contributed by atoms with Gasteiger partial charge in [0.25, 0.3) is 0 Å². The highest BCUT2D eigenvalue weighted by atomic mass is 14.9. The third-order valence-corrected chi connectivity index (χ3v) is 1.88. The number of nitrogens with zero attached hydrogens (tertiary/aromatic N) is 2. The average molecular weight is 174 g/mol. The highest BCUT2D eigenvalue weighted by Gasteiger charge is 2.07. The molecule has 0 radical (unpaired) electrons. The van der Waals surface area contributed by atoms with Crippen LogP contribution in [0, 0.1) is 23.7 Å². The van der Waals surface area contributed by atoms with Crippen LogP contribution in [0.25, 0.3) is 0 Å². The largest absolute Gasteiger partial charge is 0.386 e. The van der Waals surface area contributed by atoms with Gasteiger partial charge in [0.1, 0.15) is 11.8 Å². The van der Waals surface area contributed by atoms with Gasteiger partial charge in [-0.2, -0.15) is 5.26 Å². The fraction of sp³-hybridized carbons (Fsp3) is 0.222. The van der Waals surface area contributed by atoms with E-state index < -0.39 is 0 Å². The quantitative estimate of drug-likeness (QED) is 0.664. The molecular weight excluding hydrogens is 164 g/mol. The summed E-state index contributed by atoms with van der Waals surface area (Å²) >= 11 is 0. The molecule has 13 heavy (non-hydrogen) atoms. The normalized spacial score (nSPS) is 9.00.